The molecule has 1 aliphatic heterocycles. The highest BCUT2D eigenvalue weighted by molar-refractivity contribution is 7.09. The summed E-state index contributed by atoms with van der Waals surface area (Å²) in [7, 11) is 0. The van der Waals surface area contributed by atoms with Gasteiger partial charge in [0.15, 0.2) is 0 Å². The first kappa shape index (κ1) is 25.4. The molecule has 9 nitrogen and oxygen atoms in total. The van der Waals surface area contributed by atoms with Gasteiger partial charge in [0, 0.05) is 30.8 Å². The fraction of sp³-hybridized carbons (Fsp3) is 0.545. The summed E-state index contributed by atoms with van der Waals surface area (Å²) < 4.78 is 0. The van der Waals surface area contributed by atoms with Gasteiger partial charge in [0.2, 0.25) is 17.7 Å². The van der Waals surface area contributed by atoms with Crippen molar-refractivity contribution < 1.29 is 19.2 Å². The van der Waals surface area contributed by atoms with Crippen LogP contribution in [0, 0.1) is 5.41 Å². The number of nitrogens with one attached hydrogen (secondary N) is 3. The second-order valence-electron chi connectivity index (χ2n) is 9.05. The zero-order chi connectivity index (χ0) is 23.9. The van der Waals surface area contributed by atoms with Crippen LogP contribution in [0.3, 0.4) is 0 Å². The Kier molecular flexibility index (Phi) is 8.82. The predicted octanol–water partition coefficient (Wildman–Crippen LogP) is 1.15. The molecular weight excluding hydrogens is 430 g/mol. The van der Waals surface area contributed by atoms with E-state index >= 15 is 0 Å². The summed E-state index contributed by atoms with van der Waals surface area (Å²) in [5, 5.41) is 9.97. The molecule has 176 valence electrons. The van der Waals surface area contributed by atoms with Gasteiger partial charge < -0.3 is 26.6 Å². The minimum atomic E-state index is -0.940. The summed E-state index contributed by atoms with van der Waals surface area (Å²) in [6, 6.07) is 0.796. The van der Waals surface area contributed by atoms with Crippen LogP contribution in [0.4, 0.5) is 4.79 Å². The summed E-state index contributed by atoms with van der Waals surface area (Å²) in [5.74, 6) is -1.35. The summed E-state index contributed by atoms with van der Waals surface area (Å²) >= 11 is 1.46. The lowest BCUT2D eigenvalue weighted by Gasteiger charge is -2.31. The van der Waals surface area contributed by atoms with E-state index in [9.17, 15) is 19.2 Å². The normalized spacial score (nSPS) is 19.2. The van der Waals surface area contributed by atoms with Gasteiger partial charge in [-0.15, -0.1) is 17.9 Å². The molecule has 0 aromatic carbocycles. The molecule has 0 spiro atoms. The van der Waals surface area contributed by atoms with Crippen LogP contribution < -0.4 is 21.7 Å². The van der Waals surface area contributed by atoms with Gasteiger partial charge in [0.1, 0.15) is 12.1 Å². The van der Waals surface area contributed by atoms with Gasteiger partial charge in [-0.2, -0.15) is 0 Å². The molecule has 5 N–H and O–H groups in total. The number of amides is 5. The molecule has 32 heavy (non-hydrogen) atoms. The van der Waals surface area contributed by atoms with Gasteiger partial charge in [-0.25, -0.2) is 4.79 Å². The molecule has 2 heterocycles. The van der Waals surface area contributed by atoms with E-state index in [0.29, 0.717) is 13.0 Å². The van der Waals surface area contributed by atoms with Crippen LogP contribution in [0.25, 0.3) is 0 Å². The van der Waals surface area contributed by atoms with Crippen LogP contribution in [-0.2, 0) is 20.8 Å². The number of nitrogens with two attached hydrogens (primary N) is 1. The summed E-state index contributed by atoms with van der Waals surface area (Å²) in [4.78, 5) is 52.8. The average Bonchev–Trinajstić information content (AvgIpc) is 3.34. The van der Waals surface area contributed by atoms with Crippen molar-refractivity contribution in [3.63, 3.8) is 0 Å². The zero-order valence-corrected chi connectivity index (χ0v) is 19.7. The van der Waals surface area contributed by atoms with Crippen molar-refractivity contribution in [3.8, 4) is 0 Å². The summed E-state index contributed by atoms with van der Waals surface area (Å²) in [6.45, 7) is 9.98. The summed E-state index contributed by atoms with van der Waals surface area (Å²) in [5.41, 5.74) is 5.27. The minimum absolute atomic E-state index is 0.178. The smallest absolute Gasteiger partial charge is 0.315 e. The van der Waals surface area contributed by atoms with E-state index < -0.39 is 36.0 Å². The number of carbonyl (C=O) groups is 4. The van der Waals surface area contributed by atoms with Gasteiger partial charge in [0.25, 0.3) is 0 Å². The monoisotopic (exact) mass is 463 g/mol. The topological polar surface area (TPSA) is 134 Å². The van der Waals surface area contributed by atoms with Crippen molar-refractivity contribution in [1.82, 2.24) is 20.9 Å². The highest BCUT2D eigenvalue weighted by atomic mass is 32.1. The standard InChI is InChI=1S/C22H33N5O4S/c1-5-9-24-21(31)26-15-8-10-27(17(28)13-22(2,3)4)18(15)20(30)25-16(19(23)29)12-14-7-6-11-32-14/h5-7,11,15-16,18H,1,8-10,12-13H2,2-4H3,(H2,23,29)(H,25,30)(H2,24,26,31)/t15-,16-,18-/m0/s1. The number of nitrogens with zero attached hydrogens (tertiary/aromatic N) is 1. The second kappa shape index (κ2) is 11.1. The van der Waals surface area contributed by atoms with E-state index in [1.165, 1.54) is 16.2 Å². The maximum absolute atomic E-state index is 13.3. The molecule has 1 aromatic heterocycles. The second-order valence-corrected chi connectivity index (χ2v) is 10.1. The van der Waals surface area contributed by atoms with E-state index in [4.69, 9.17) is 5.73 Å². The van der Waals surface area contributed by atoms with Gasteiger partial charge in [-0.3, -0.25) is 14.4 Å². The lowest BCUT2D eigenvalue weighted by molar-refractivity contribution is -0.141. The molecule has 1 aliphatic rings. The van der Waals surface area contributed by atoms with Crippen LogP contribution in [-0.4, -0.2) is 59.9 Å². The number of thiophene rings is 1. The first-order valence-electron chi connectivity index (χ1n) is 10.6. The number of rotatable bonds is 9. The largest absolute Gasteiger partial charge is 0.368 e. The molecule has 1 fully saturated rings. The number of primary amides is 1. The Labute approximate surface area is 192 Å². The lowest BCUT2D eigenvalue weighted by atomic mass is 9.91. The highest BCUT2D eigenvalue weighted by Gasteiger charge is 2.43. The third-order valence-corrected chi connectivity index (χ3v) is 5.94. The third kappa shape index (κ3) is 7.37. The molecular formula is C22H33N5O4S. The number of hydrogen-bond acceptors (Lipinski definition) is 5. The Bertz CT molecular complexity index is 834. The predicted molar refractivity (Wildman–Crippen MR) is 124 cm³/mol. The molecule has 0 aliphatic carbocycles. The van der Waals surface area contributed by atoms with Crippen LogP contribution in [0.15, 0.2) is 30.2 Å². The Morgan fingerprint density at radius 1 is 1.34 bits per heavy atom. The fourth-order valence-electron chi connectivity index (χ4n) is 3.60. The van der Waals surface area contributed by atoms with Crippen molar-refractivity contribution >= 4 is 35.1 Å². The molecule has 0 radical (unpaired) electrons. The van der Waals surface area contributed by atoms with E-state index in [1.807, 2.05) is 38.3 Å². The fourth-order valence-corrected chi connectivity index (χ4v) is 4.35. The molecule has 0 bridgehead atoms. The van der Waals surface area contributed by atoms with Gasteiger partial charge in [-0.1, -0.05) is 32.9 Å². The van der Waals surface area contributed by atoms with Crippen molar-refractivity contribution in [2.75, 3.05) is 13.1 Å². The summed E-state index contributed by atoms with van der Waals surface area (Å²) in [6.07, 6.45) is 2.47. The van der Waals surface area contributed by atoms with Gasteiger partial charge in [0.05, 0.1) is 6.04 Å². The molecule has 0 saturated carbocycles. The SMILES string of the molecule is C=CCNC(=O)N[C@H]1CCN(C(=O)CC(C)(C)C)[C@@H]1C(=O)N[C@@H](Cc1cccs1)C(N)=O. The number of carbonyl (C=O) groups excluding carboxylic acids is 4. The van der Waals surface area contributed by atoms with Crippen molar-refractivity contribution in [2.24, 2.45) is 11.1 Å². The van der Waals surface area contributed by atoms with Gasteiger partial charge >= 0.3 is 6.03 Å². The maximum Gasteiger partial charge on any atom is 0.315 e. The maximum atomic E-state index is 13.3. The van der Waals surface area contributed by atoms with Crippen LogP contribution >= 0.6 is 11.3 Å². The van der Waals surface area contributed by atoms with Crippen molar-refractivity contribution in [1.29, 1.82) is 0 Å². The Balaban J connectivity index is 2.20. The van der Waals surface area contributed by atoms with E-state index in [2.05, 4.69) is 22.5 Å². The van der Waals surface area contributed by atoms with Crippen LogP contribution in [0.5, 0.6) is 0 Å². The average molecular weight is 464 g/mol. The molecule has 0 unspecified atom stereocenters. The highest BCUT2D eigenvalue weighted by Crippen LogP contribution is 2.25. The minimum Gasteiger partial charge on any atom is -0.368 e. The molecule has 10 heteroatoms. The lowest BCUT2D eigenvalue weighted by Crippen LogP contribution is -2.59. The Morgan fingerprint density at radius 2 is 2.06 bits per heavy atom. The van der Waals surface area contributed by atoms with Crippen LogP contribution in [0.2, 0.25) is 0 Å². The van der Waals surface area contributed by atoms with Crippen molar-refractivity contribution in [3.05, 3.63) is 35.0 Å². The quantitative estimate of drug-likeness (QED) is 0.409. The van der Waals surface area contributed by atoms with E-state index in [0.717, 1.165) is 4.88 Å². The number of urea groups is 1. The van der Waals surface area contributed by atoms with E-state index in [1.54, 1.807) is 6.08 Å². The first-order valence-corrected chi connectivity index (χ1v) is 11.5. The molecule has 5 amide bonds. The number of hydrogen-bond donors (Lipinski definition) is 4. The molecule has 1 saturated heterocycles. The Hall–Kier alpha value is -2.88. The van der Waals surface area contributed by atoms with Crippen LogP contribution in [0.1, 0.15) is 38.5 Å². The number of likely N-dealkylation sites (tertiary alicyclic amines) is 1. The molecule has 2 rings (SSSR count). The van der Waals surface area contributed by atoms with Gasteiger partial charge in [-0.05, 0) is 23.3 Å². The molecule has 3 atom stereocenters. The third-order valence-electron chi connectivity index (χ3n) is 5.04. The first-order chi connectivity index (χ1) is 15.0. The van der Waals surface area contributed by atoms with Crippen molar-refractivity contribution in [2.45, 2.75) is 58.2 Å². The zero-order valence-electron chi connectivity index (χ0n) is 18.8. The molecule has 1 aromatic rings. The van der Waals surface area contributed by atoms with E-state index in [-0.39, 0.29) is 30.7 Å². The Morgan fingerprint density at radius 3 is 2.62 bits per heavy atom.